The number of nitrogen functional groups attached to an aromatic ring is 1. The maximum Gasteiger partial charge on any atom is 0.202 e. The van der Waals surface area contributed by atoms with Crippen molar-refractivity contribution >= 4 is 28.4 Å². The molecule has 0 aliphatic rings. The van der Waals surface area contributed by atoms with Gasteiger partial charge in [0.1, 0.15) is 5.52 Å². The quantitative estimate of drug-likeness (QED) is 0.778. The molecule has 2 N–H and O–H groups in total. The van der Waals surface area contributed by atoms with Gasteiger partial charge in [-0.05, 0) is 13.8 Å². The van der Waals surface area contributed by atoms with Gasteiger partial charge >= 0.3 is 0 Å². The lowest BCUT2D eigenvalue weighted by Crippen LogP contribution is -2.08. The first kappa shape index (κ1) is 11.2. The summed E-state index contributed by atoms with van der Waals surface area (Å²) in [7, 11) is 0. The average molecular weight is 262 g/mol. The van der Waals surface area contributed by atoms with E-state index < -0.39 is 0 Å². The Balaban J connectivity index is 2.18. The summed E-state index contributed by atoms with van der Waals surface area (Å²) in [4.78, 5) is 9.64. The van der Waals surface area contributed by atoms with E-state index in [1.807, 2.05) is 27.9 Å². The minimum Gasteiger partial charge on any atom is -0.369 e. The maximum atomic E-state index is 6.00. The van der Waals surface area contributed by atoms with E-state index >= 15 is 0 Å². The normalized spacial score (nSPS) is 11.4. The first-order chi connectivity index (χ1) is 8.70. The second kappa shape index (κ2) is 4.09. The Morgan fingerprint density at radius 2 is 2.28 bits per heavy atom. The van der Waals surface area contributed by atoms with E-state index in [0.29, 0.717) is 12.5 Å². The molecule has 18 heavy (non-hydrogen) atoms. The third-order valence-corrected chi connectivity index (χ3v) is 3.69. The predicted molar refractivity (Wildman–Crippen MR) is 71.6 cm³/mol. The molecular formula is C11H14N6S. The Morgan fingerprint density at radius 1 is 1.44 bits per heavy atom. The van der Waals surface area contributed by atoms with Gasteiger partial charge in [0.2, 0.25) is 5.95 Å². The number of hydrogen-bond donors (Lipinski definition) is 1. The van der Waals surface area contributed by atoms with Crippen molar-refractivity contribution in [3.8, 4) is 0 Å². The molecule has 0 bridgehead atoms. The molecule has 3 aromatic rings. The Bertz CT molecular complexity index is 678. The number of fused-ring (bicyclic) bond motifs is 1. The minimum atomic E-state index is 0.529. The highest BCUT2D eigenvalue weighted by atomic mass is 32.1. The molecule has 3 rings (SSSR count). The second-order valence-electron chi connectivity index (χ2n) is 4.10. The molecule has 0 radical (unpaired) electrons. The summed E-state index contributed by atoms with van der Waals surface area (Å²) in [6.07, 6.45) is 1.86. The number of aryl methyl sites for hydroxylation is 2. The third kappa shape index (κ3) is 1.59. The number of aromatic nitrogens is 5. The fourth-order valence-electron chi connectivity index (χ4n) is 2.09. The highest BCUT2D eigenvalue weighted by molar-refractivity contribution is 7.09. The van der Waals surface area contributed by atoms with Gasteiger partial charge in [0.05, 0.1) is 17.7 Å². The van der Waals surface area contributed by atoms with Gasteiger partial charge in [0.15, 0.2) is 5.65 Å². The lowest BCUT2D eigenvalue weighted by Gasteiger charge is -2.05. The summed E-state index contributed by atoms with van der Waals surface area (Å²) < 4.78 is 3.93. The molecule has 0 saturated carbocycles. The predicted octanol–water partition coefficient (Wildman–Crippen LogP) is 1.65. The van der Waals surface area contributed by atoms with Gasteiger partial charge < -0.3 is 5.73 Å². The van der Waals surface area contributed by atoms with E-state index in [0.717, 1.165) is 28.3 Å². The van der Waals surface area contributed by atoms with Crippen LogP contribution in [-0.2, 0) is 13.1 Å². The SMILES string of the molecule is CCn1nc(C)c2nc(N)n(Cc3cncs3)c21. The summed E-state index contributed by atoms with van der Waals surface area (Å²) >= 11 is 1.61. The van der Waals surface area contributed by atoms with Gasteiger partial charge in [0, 0.05) is 17.6 Å². The van der Waals surface area contributed by atoms with E-state index in [9.17, 15) is 0 Å². The summed E-state index contributed by atoms with van der Waals surface area (Å²) in [5.74, 6) is 0.529. The van der Waals surface area contributed by atoms with Crippen molar-refractivity contribution in [1.29, 1.82) is 0 Å². The summed E-state index contributed by atoms with van der Waals surface area (Å²) in [5.41, 5.74) is 10.6. The number of rotatable bonds is 3. The molecule has 7 heteroatoms. The van der Waals surface area contributed by atoms with Crippen LogP contribution >= 0.6 is 11.3 Å². The van der Waals surface area contributed by atoms with Crippen molar-refractivity contribution in [3.05, 3.63) is 22.3 Å². The zero-order valence-electron chi connectivity index (χ0n) is 10.3. The molecule has 0 aliphatic carbocycles. The van der Waals surface area contributed by atoms with Gasteiger partial charge in [-0.25, -0.2) is 9.67 Å². The van der Waals surface area contributed by atoms with Crippen LogP contribution in [0, 0.1) is 6.92 Å². The fraction of sp³-hybridized carbons (Fsp3) is 0.364. The van der Waals surface area contributed by atoms with E-state index in [4.69, 9.17) is 5.73 Å². The molecule has 0 saturated heterocycles. The zero-order chi connectivity index (χ0) is 12.7. The molecule has 6 nitrogen and oxygen atoms in total. The Morgan fingerprint density at radius 3 is 2.94 bits per heavy atom. The van der Waals surface area contributed by atoms with Crippen LogP contribution < -0.4 is 5.73 Å². The maximum absolute atomic E-state index is 6.00. The number of imidazole rings is 1. The number of nitrogens with two attached hydrogens (primary N) is 1. The Kier molecular flexibility index (Phi) is 2.55. The average Bonchev–Trinajstić information content (AvgIpc) is 3.02. The van der Waals surface area contributed by atoms with Crippen LogP contribution in [0.4, 0.5) is 5.95 Å². The van der Waals surface area contributed by atoms with Gasteiger partial charge in [-0.1, -0.05) is 0 Å². The Hall–Kier alpha value is -1.89. The highest BCUT2D eigenvalue weighted by Gasteiger charge is 2.16. The molecular weight excluding hydrogens is 248 g/mol. The van der Waals surface area contributed by atoms with Crippen molar-refractivity contribution in [3.63, 3.8) is 0 Å². The molecule has 94 valence electrons. The first-order valence-electron chi connectivity index (χ1n) is 5.77. The molecule has 0 spiro atoms. The van der Waals surface area contributed by atoms with E-state index in [-0.39, 0.29) is 0 Å². The largest absolute Gasteiger partial charge is 0.369 e. The van der Waals surface area contributed by atoms with E-state index in [1.54, 1.807) is 11.3 Å². The van der Waals surface area contributed by atoms with Gasteiger partial charge in [-0.15, -0.1) is 11.3 Å². The van der Waals surface area contributed by atoms with Crippen LogP contribution in [-0.4, -0.2) is 24.3 Å². The van der Waals surface area contributed by atoms with Crippen LogP contribution in [0.1, 0.15) is 17.5 Å². The first-order valence-corrected chi connectivity index (χ1v) is 6.65. The van der Waals surface area contributed by atoms with Crippen LogP contribution in [0.15, 0.2) is 11.7 Å². The molecule has 0 atom stereocenters. The lowest BCUT2D eigenvalue weighted by molar-refractivity contribution is 0.649. The van der Waals surface area contributed by atoms with Gasteiger partial charge in [-0.3, -0.25) is 9.55 Å². The van der Waals surface area contributed by atoms with Crippen molar-refractivity contribution in [1.82, 2.24) is 24.3 Å². The third-order valence-electron chi connectivity index (χ3n) is 2.93. The fourth-order valence-corrected chi connectivity index (χ4v) is 2.68. The number of anilines is 1. The van der Waals surface area contributed by atoms with E-state index in [1.165, 1.54) is 0 Å². The minimum absolute atomic E-state index is 0.529. The van der Waals surface area contributed by atoms with Crippen LogP contribution in [0.25, 0.3) is 11.2 Å². The monoisotopic (exact) mass is 262 g/mol. The van der Waals surface area contributed by atoms with Gasteiger partial charge in [-0.2, -0.15) is 5.10 Å². The van der Waals surface area contributed by atoms with Crippen molar-refractivity contribution < 1.29 is 0 Å². The van der Waals surface area contributed by atoms with Crippen molar-refractivity contribution in [2.45, 2.75) is 26.9 Å². The van der Waals surface area contributed by atoms with Gasteiger partial charge in [0.25, 0.3) is 0 Å². The molecule has 0 amide bonds. The number of nitrogens with zero attached hydrogens (tertiary/aromatic N) is 5. The topological polar surface area (TPSA) is 74.6 Å². The summed E-state index contributed by atoms with van der Waals surface area (Å²) in [6.45, 7) is 5.51. The zero-order valence-corrected chi connectivity index (χ0v) is 11.1. The van der Waals surface area contributed by atoms with Crippen molar-refractivity contribution in [2.24, 2.45) is 0 Å². The summed E-state index contributed by atoms with van der Waals surface area (Å²) in [5, 5.41) is 4.46. The Labute approximate surface area is 108 Å². The number of thiazole rings is 1. The van der Waals surface area contributed by atoms with Crippen LogP contribution in [0.3, 0.4) is 0 Å². The highest BCUT2D eigenvalue weighted by Crippen LogP contribution is 2.23. The molecule has 0 aliphatic heterocycles. The van der Waals surface area contributed by atoms with E-state index in [2.05, 4.69) is 22.0 Å². The van der Waals surface area contributed by atoms with Crippen LogP contribution in [0.2, 0.25) is 0 Å². The summed E-state index contributed by atoms with van der Waals surface area (Å²) in [6, 6.07) is 0. The number of hydrogen-bond acceptors (Lipinski definition) is 5. The standard InChI is InChI=1S/C11H14N6S/c1-3-17-10-9(7(2)15-17)14-11(12)16(10)5-8-4-13-6-18-8/h4,6H,3,5H2,1-2H3,(H2,12,14). The van der Waals surface area contributed by atoms with Crippen LogP contribution in [0.5, 0.6) is 0 Å². The van der Waals surface area contributed by atoms with Crippen molar-refractivity contribution in [2.75, 3.05) is 5.73 Å². The molecule has 3 heterocycles. The second-order valence-corrected chi connectivity index (χ2v) is 5.07. The molecule has 0 aromatic carbocycles. The lowest BCUT2D eigenvalue weighted by atomic mass is 10.4. The molecule has 3 aromatic heterocycles. The molecule has 0 unspecified atom stereocenters. The molecule has 0 fully saturated rings. The smallest absolute Gasteiger partial charge is 0.202 e.